The van der Waals surface area contributed by atoms with Crippen molar-refractivity contribution in [1.29, 1.82) is 0 Å². The van der Waals surface area contributed by atoms with Gasteiger partial charge in [-0.05, 0) is 54.3 Å². The Morgan fingerprint density at radius 1 is 1.04 bits per heavy atom. The molecule has 2 aromatic rings. The van der Waals surface area contributed by atoms with Crippen molar-refractivity contribution in [2.24, 2.45) is 0 Å². The molecule has 1 unspecified atom stereocenters. The van der Waals surface area contributed by atoms with Gasteiger partial charge in [-0.3, -0.25) is 4.79 Å². The van der Waals surface area contributed by atoms with E-state index in [9.17, 15) is 13.2 Å². The van der Waals surface area contributed by atoms with E-state index in [2.05, 4.69) is 15.9 Å². The van der Waals surface area contributed by atoms with E-state index >= 15 is 0 Å². The van der Waals surface area contributed by atoms with E-state index in [-0.39, 0.29) is 36.1 Å². The Hall–Kier alpha value is -1.60. The van der Waals surface area contributed by atoms with Gasteiger partial charge < -0.3 is 9.64 Å². The number of amides is 1. The number of fused-ring (bicyclic) bond motifs is 1. The minimum Gasteiger partial charge on any atom is -0.484 e. The normalized spacial score (nSPS) is 21.8. The van der Waals surface area contributed by atoms with E-state index in [1.807, 2.05) is 41.3 Å². The quantitative estimate of drug-likeness (QED) is 0.670. The predicted octanol–water partition coefficient (Wildman–Crippen LogP) is 3.94. The Kier molecular flexibility index (Phi) is 5.65. The second-order valence-electron chi connectivity index (χ2n) is 7.74. The molecule has 2 aromatic carbocycles. The van der Waals surface area contributed by atoms with Crippen LogP contribution in [-0.2, 0) is 14.6 Å². The molecule has 5 nitrogen and oxygen atoms in total. The number of rotatable bonds is 5. The van der Waals surface area contributed by atoms with Crippen LogP contribution in [0.4, 0.5) is 0 Å². The van der Waals surface area contributed by atoms with Gasteiger partial charge in [0.05, 0.1) is 11.5 Å². The fourth-order valence-electron chi connectivity index (χ4n) is 4.39. The molecule has 2 aliphatic rings. The number of sulfone groups is 1. The van der Waals surface area contributed by atoms with Gasteiger partial charge >= 0.3 is 0 Å². The molecule has 0 radical (unpaired) electrons. The Balaban J connectivity index is 1.47. The first-order chi connectivity index (χ1) is 13.4. The number of carbonyl (C=O) groups excluding carboxylic acids is 1. The van der Waals surface area contributed by atoms with Crippen molar-refractivity contribution in [1.82, 2.24) is 4.90 Å². The molecule has 1 amide bonds. The molecule has 0 N–H and O–H groups in total. The third kappa shape index (κ3) is 4.35. The lowest BCUT2D eigenvalue weighted by Crippen LogP contribution is -2.48. The van der Waals surface area contributed by atoms with Gasteiger partial charge in [-0.25, -0.2) is 8.42 Å². The monoisotopic (exact) mass is 465 g/mol. The molecule has 1 heterocycles. The van der Waals surface area contributed by atoms with Crippen LogP contribution in [0.2, 0.25) is 0 Å². The highest BCUT2D eigenvalue weighted by Crippen LogP contribution is 2.30. The fraction of sp³-hybridized carbons (Fsp3) is 0.476. The molecule has 0 spiro atoms. The van der Waals surface area contributed by atoms with E-state index in [1.54, 1.807) is 0 Å². The summed E-state index contributed by atoms with van der Waals surface area (Å²) in [5, 5.41) is 2.14. The van der Waals surface area contributed by atoms with Gasteiger partial charge in [0, 0.05) is 16.6 Å². The number of hydrogen-bond acceptors (Lipinski definition) is 4. The molecule has 2 fully saturated rings. The molecular formula is C21H24BrNO4S. The second kappa shape index (κ2) is 8.03. The van der Waals surface area contributed by atoms with E-state index in [0.717, 1.165) is 40.9 Å². The van der Waals surface area contributed by atoms with Crippen LogP contribution < -0.4 is 4.74 Å². The van der Waals surface area contributed by atoms with Crippen LogP contribution in [0, 0.1) is 0 Å². The Labute approximate surface area is 174 Å². The number of hydrogen-bond donors (Lipinski definition) is 0. The summed E-state index contributed by atoms with van der Waals surface area (Å²) in [5.41, 5.74) is 0. The van der Waals surface area contributed by atoms with Crippen molar-refractivity contribution in [2.75, 3.05) is 18.1 Å². The van der Waals surface area contributed by atoms with Crippen molar-refractivity contribution < 1.29 is 17.9 Å². The summed E-state index contributed by atoms with van der Waals surface area (Å²) in [6.45, 7) is -0.0604. The zero-order valence-corrected chi connectivity index (χ0v) is 18.0. The number of ether oxygens (including phenoxy) is 1. The highest BCUT2D eigenvalue weighted by atomic mass is 79.9. The molecule has 1 saturated carbocycles. The average molecular weight is 466 g/mol. The number of carbonyl (C=O) groups is 1. The van der Waals surface area contributed by atoms with E-state index in [0.29, 0.717) is 12.2 Å². The van der Waals surface area contributed by atoms with Crippen molar-refractivity contribution in [2.45, 2.75) is 44.2 Å². The van der Waals surface area contributed by atoms with Crippen LogP contribution in [0.25, 0.3) is 10.8 Å². The SMILES string of the molecule is O=C(COc1ccc2cc(Br)ccc2c1)N(C1CCCC1)C1CCS(=O)(=O)C1. The molecule has 7 heteroatoms. The van der Waals surface area contributed by atoms with Crippen molar-refractivity contribution >= 4 is 42.4 Å². The molecule has 150 valence electrons. The summed E-state index contributed by atoms with van der Waals surface area (Å²) >= 11 is 3.46. The molecular weight excluding hydrogens is 442 g/mol. The Morgan fingerprint density at radius 2 is 1.75 bits per heavy atom. The lowest BCUT2D eigenvalue weighted by Gasteiger charge is -2.34. The highest BCUT2D eigenvalue weighted by molar-refractivity contribution is 9.10. The van der Waals surface area contributed by atoms with Gasteiger partial charge in [-0.1, -0.05) is 40.9 Å². The third-order valence-corrected chi connectivity index (χ3v) is 7.99. The summed E-state index contributed by atoms with van der Waals surface area (Å²) < 4.78 is 30.7. The van der Waals surface area contributed by atoms with Crippen LogP contribution in [0.3, 0.4) is 0 Å². The standard InChI is InChI=1S/C21H24BrNO4S/c22-17-7-5-16-12-20(8-6-15(16)11-17)27-13-21(24)23(18-3-1-2-4-18)19-9-10-28(25,26)14-19/h5-8,11-12,18-19H,1-4,9-10,13-14H2. The van der Waals surface area contributed by atoms with Crippen molar-refractivity contribution in [3.63, 3.8) is 0 Å². The van der Waals surface area contributed by atoms with Crippen molar-refractivity contribution in [3.8, 4) is 5.75 Å². The fourth-order valence-corrected chi connectivity index (χ4v) is 6.48. The number of benzene rings is 2. The molecule has 1 atom stereocenters. The van der Waals surface area contributed by atoms with Crippen molar-refractivity contribution in [3.05, 3.63) is 40.9 Å². The number of halogens is 1. The molecule has 4 rings (SSSR count). The molecule has 1 aliphatic carbocycles. The topological polar surface area (TPSA) is 63.7 Å². The van der Waals surface area contributed by atoms with Crippen LogP contribution in [-0.4, -0.2) is 49.4 Å². The third-order valence-electron chi connectivity index (χ3n) is 5.74. The van der Waals surface area contributed by atoms with E-state index in [1.165, 1.54) is 0 Å². The predicted molar refractivity (Wildman–Crippen MR) is 113 cm³/mol. The van der Waals surface area contributed by atoms with Gasteiger partial charge in [-0.2, -0.15) is 0 Å². The Morgan fingerprint density at radius 3 is 2.46 bits per heavy atom. The summed E-state index contributed by atoms with van der Waals surface area (Å²) in [6.07, 6.45) is 4.62. The minimum absolute atomic E-state index is 0.0604. The van der Waals surface area contributed by atoms with E-state index in [4.69, 9.17) is 4.74 Å². The maximum atomic E-state index is 13.0. The smallest absolute Gasteiger partial charge is 0.261 e. The van der Waals surface area contributed by atoms with Gasteiger partial charge in [0.15, 0.2) is 16.4 Å². The minimum atomic E-state index is -3.04. The van der Waals surface area contributed by atoms with Gasteiger partial charge in [0.1, 0.15) is 5.75 Å². The maximum Gasteiger partial charge on any atom is 0.261 e. The highest BCUT2D eigenvalue weighted by Gasteiger charge is 2.39. The van der Waals surface area contributed by atoms with Gasteiger partial charge in [0.25, 0.3) is 5.91 Å². The largest absolute Gasteiger partial charge is 0.484 e. The molecule has 1 aliphatic heterocycles. The van der Waals surface area contributed by atoms with Crippen LogP contribution in [0.15, 0.2) is 40.9 Å². The van der Waals surface area contributed by atoms with Gasteiger partial charge in [-0.15, -0.1) is 0 Å². The van der Waals surface area contributed by atoms with Crippen LogP contribution in [0.1, 0.15) is 32.1 Å². The molecule has 0 aromatic heterocycles. The first-order valence-corrected chi connectivity index (χ1v) is 12.4. The summed E-state index contributed by atoms with van der Waals surface area (Å²) in [5.74, 6) is 0.800. The summed E-state index contributed by atoms with van der Waals surface area (Å²) in [6, 6.07) is 11.7. The lowest BCUT2D eigenvalue weighted by molar-refractivity contribution is -0.137. The summed E-state index contributed by atoms with van der Waals surface area (Å²) in [7, 11) is -3.04. The average Bonchev–Trinajstić information content (AvgIpc) is 3.30. The molecule has 1 saturated heterocycles. The van der Waals surface area contributed by atoms with E-state index < -0.39 is 9.84 Å². The molecule has 28 heavy (non-hydrogen) atoms. The maximum absolute atomic E-state index is 13.0. The Bertz CT molecular complexity index is 985. The lowest BCUT2D eigenvalue weighted by atomic mass is 10.1. The first-order valence-electron chi connectivity index (χ1n) is 9.75. The molecule has 0 bridgehead atoms. The summed E-state index contributed by atoms with van der Waals surface area (Å²) in [4.78, 5) is 14.8. The number of nitrogens with zero attached hydrogens (tertiary/aromatic N) is 1. The van der Waals surface area contributed by atoms with Crippen LogP contribution in [0.5, 0.6) is 5.75 Å². The zero-order chi connectivity index (χ0) is 19.7. The first kappa shape index (κ1) is 19.7. The van der Waals surface area contributed by atoms with Crippen LogP contribution >= 0.6 is 15.9 Å². The second-order valence-corrected chi connectivity index (χ2v) is 10.9. The van der Waals surface area contributed by atoms with Gasteiger partial charge in [0.2, 0.25) is 0 Å². The zero-order valence-electron chi connectivity index (χ0n) is 15.6.